The number of nitrogens with one attached hydrogen (secondary N) is 1. The van der Waals surface area contributed by atoms with Crippen LogP contribution in [0.4, 0.5) is 5.69 Å². The summed E-state index contributed by atoms with van der Waals surface area (Å²) in [5.41, 5.74) is 1.61. The Morgan fingerprint density at radius 3 is 2.27 bits per heavy atom. The van der Waals surface area contributed by atoms with Gasteiger partial charge in [-0.05, 0) is 66.2 Å². The van der Waals surface area contributed by atoms with Gasteiger partial charge in [-0.25, -0.2) is 4.79 Å². The third kappa shape index (κ3) is 4.18. The van der Waals surface area contributed by atoms with E-state index in [4.69, 9.17) is 4.74 Å². The van der Waals surface area contributed by atoms with Gasteiger partial charge in [0, 0.05) is 10.2 Å². The van der Waals surface area contributed by atoms with E-state index in [0.29, 0.717) is 16.8 Å². The van der Waals surface area contributed by atoms with E-state index in [-0.39, 0.29) is 18.0 Å². The van der Waals surface area contributed by atoms with Crippen molar-refractivity contribution in [1.29, 1.82) is 0 Å². The van der Waals surface area contributed by atoms with Gasteiger partial charge in [-0.3, -0.25) is 4.79 Å². The van der Waals surface area contributed by atoms with Crippen LogP contribution in [0, 0.1) is 0 Å². The molecular formula is C17H16BrNO3. The van der Waals surface area contributed by atoms with Crippen LogP contribution in [-0.2, 0) is 4.74 Å². The van der Waals surface area contributed by atoms with E-state index in [1.807, 2.05) is 6.07 Å². The second-order valence-corrected chi connectivity index (χ2v) is 5.82. The van der Waals surface area contributed by atoms with Crippen molar-refractivity contribution in [2.45, 2.75) is 20.0 Å². The van der Waals surface area contributed by atoms with Gasteiger partial charge in [-0.1, -0.05) is 12.1 Å². The van der Waals surface area contributed by atoms with Crippen LogP contribution in [0.2, 0.25) is 0 Å². The Labute approximate surface area is 137 Å². The fourth-order valence-corrected chi connectivity index (χ4v) is 2.28. The molecule has 0 bridgehead atoms. The minimum Gasteiger partial charge on any atom is -0.459 e. The first-order chi connectivity index (χ1) is 10.5. The van der Waals surface area contributed by atoms with Crippen molar-refractivity contribution in [2.24, 2.45) is 0 Å². The second kappa shape index (κ2) is 7.22. The summed E-state index contributed by atoms with van der Waals surface area (Å²) >= 11 is 3.34. The van der Waals surface area contributed by atoms with Gasteiger partial charge in [-0.2, -0.15) is 0 Å². The Balaban J connectivity index is 2.07. The summed E-state index contributed by atoms with van der Waals surface area (Å²) in [6.45, 7) is 3.59. The van der Waals surface area contributed by atoms with Crippen molar-refractivity contribution in [3.8, 4) is 0 Å². The molecule has 0 aliphatic carbocycles. The molecule has 1 amide bonds. The summed E-state index contributed by atoms with van der Waals surface area (Å²) in [7, 11) is 0. The summed E-state index contributed by atoms with van der Waals surface area (Å²) in [6, 6.07) is 13.8. The number of hydrogen-bond acceptors (Lipinski definition) is 3. The minimum absolute atomic E-state index is 0.165. The van der Waals surface area contributed by atoms with Gasteiger partial charge in [0.15, 0.2) is 0 Å². The molecule has 2 aromatic rings. The lowest BCUT2D eigenvalue weighted by molar-refractivity contribution is 0.0378. The minimum atomic E-state index is -0.376. The average Bonchev–Trinajstić information content (AvgIpc) is 2.47. The largest absolute Gasteiger partial charge is 0.459 e. The Bertz CT molecular complexity index is 681. The van der Waals surface area contributed by atoms with Crippen molar-refractivity contribution in [1.82, 2.24) is 0 Å². The molecule has 0 radical (unpaired) electrons. The molecule has 0 saturated carbocycles. The maximum atomic E-state index is 12.2. The lowest BCUT2D eigenvalue weighted by atomic mass is 10.2. The van der Waals surface area contributed by atoms with Crippen LogP contribution in [0.25, 0.3) is 0 Å². The molecule has 1 N–H and O–H groups in total. The van der Waals surface area contributed by atoms with Crippen molar-refractivity contribution >= 4 is 33.5 Å². The Kier molecular flexibility index (Phi) is 5.33. The zero-order valence-electron chi connectivity index (χ0n) is 12.3. The molecule has 0 aromatic heterocycles. The Hall–Kier alpha value is -2.14. The summed E-state index contributed by atoms with van der Waals surface area (Å²) < 4.78 is 5.84. The number of carbonyl (C=O) groups excluding carboxylic acids is 2. The van der Waals surface area contributed by atoms with E-state index in [0.717, 1.165) is 4.47 Å². The van der Waals surface area contributed by atoms with E-state index >= 15 is 0 Å². The quantitative estimate of drug-likeness (QED) is 0.827. The fourth-order valence-electron chi connectivity index (χ4n) is 1.82. The molecule has 5 heteroatoms. The number of hydrogen-bond donors (Lipinski definition) is 1. The molecule has 114 valence electrons. The lowest BCUT2D eigenvalue weighted by Gasteiger charge is -2.09. The first-order valence-electron chi connectivity index (χ1n) is 6.84. The topological polar surface area (TPSA) is 55.4 Å². The number of benzene rings is 2. The third-order valence-electron chi connectivity index (χ3n) is 2.84. The van der Waals surface area contributed by atoms with Crippen molar-refractivity contribution in [3.63, 3.8) is 0 Å². The van der Waals surface area contributed by atoms with Crippen molar-refractivity contribution in [2.75, 3.05) is 5.32 Å². The summed E-state index contributed by atoms with van der Waals surface area (Å²) in [6.07, 6.45) is -0.165. The van der Waals surface area contributed by atoms with E-state index < -0.39 is 0 Å². The number of rotatable bonds is 4. The smallest absolute Gasteiger partial charge is 0.338 e. The molecule has 0 heterocycles. The molecule has 0 saturated heterocycles. The molecule has 0 fully saturated rings. The zero-order valence-corrected chi connectivity index (χ0v) is 13.9. The van der Waals surface area contributed by atoms with E-state index in [1.54, 1.807) is 56.3 Å². The van der Waals surface area contributed by atoms with Gasteiger partial charge < -0.3 is 10.1 Å². The van der Waals surface area contributed by atoms with Gasteiger partial charge in [-0.15, -0.1) is 0 Å². The number of esters is 1. The molecule has 4 nitrogen and oxygen atoms in total. The predicted octanol–water partition coefficient (Wildman–Crippen LogP) is 4.27. The normalized spacial score (nSPS) is 10.4. The Morgan fingerprint density at radius 2 is 1.68 bits per heavy atom. The summed E-state index contributed by atoms with van der Waals surface area (Å²) in [5.74, 6) is -0.594. The SMILES string of the molecule is CC(C)OC(=O)c1ccc(NC(=O)c2ccccc2Br)cc1. The lowest BCUT2D eigenvalue weighted by Crippen LogP contribution is -2.13. The summed E-state index contributed by atoms with van der Waals surface area (Å²) in [4.78, 5) is 23.9. The van der Waals surface area contributed by atoms with E-state index in [9.17, 15) is 9.59 Å². The van der Waals surface area contributed by atoms with Gasteiger partial charge in [0.05, 0.1) is 17.2 Å². The second-order valence-electron chi connectivity index (χ2n) is 4.97. The fraction of sp³-hybridized carbons (Fsp3) is 0.176. The molecule has 0 unspecified atom stereocenters. The van der Waals surface area contributed by atoms with E-state index in [2.05, 4.69) is 21.2 Å². The van der Waals surface area contributed by atoms with Gasteiger partial charge >= 0.3 is 5.97 Å². The predicted molar refractivity (Wildman–Crippen MR) is 89.1 cm³/mol. The number of halogens is 1. The molecule has 0 aliphatic rings. The number of anilines is 1. The van der Waals surface area contributed by atoms with Crippen LogP contribution >= 0.6 is 15.9 Å². The number of ether oxygens (including phenoxy) is 1. The number of amides is 1. The van der Waals surface area contributed by atoms with E-state index in [1.165, 1.54) is 0 Å². The van der Waals surface area contributed by atoms with Gasteiger partial charge in [0.2, 0.25) is 0 Å². The van der Waals surface area contributed by atoms with Gasteiger partial charge in [0.25, 0.3) is 5.91 Å². The highest BCUT2D eigenvalue weighted by molar-refractivity contribution is 9.10. The monoisotopic (exact) mass is 361 g/mol. The molecule has 2 aromatic carbocycles. The highest BCUT2D eigenvalue weighted by Crippen LogP contribution is 2.18. The van der Waals surface area contributed by atoms with Crippen LogP contribution in [0.1, 0.15) is 34.6 Å². The first kappa shape index (κ1) is 16.2. The Morgan fingerprint density at radius 1 is 1.05 bits per heavy atom. The highest BCUT2D eigenvalue weighted by Gasteiger charge is 2.11. The molecule has 22 heavy (non-hydrogen) atoms. The van der Waals surface area contributed by atoms with Crippen LogP contribution < -0.4 is 5.32 Å². The molecule has 0 spiro atoms. The molecule has 0 atom stereocenters. The zero-order chi connectivity index (χ0) is 16.1. The van der Waals surface area contributed by atoms with Crippen LogP contribution in [-0.4, -0.2) is 18.0 Å². The molecular weight excluding hydrogens is 346 g/mol. The average molecular weight is 362 g/mol. The molecule has 2 rings (SSSR count). The first-order valence-corrected chi connectivity index (χ1v) is 7.63. The third-order valence-corrected chi connectivity index (χ3v) is 3.53. The standard InChI is InChI=1S/C17H16BrNO3/c1-11(2)22-17(21)12-7-9-13(10-8-12)19-16(20)14-5-3-4-6-15(14)18/h3-11H,1-2H3,(H,19,20). The van der Waals surface area contributed by atoms with Crippen LogP contribution in [0.3, 0.4) is 0 Å². The highest BCUT2D eigenvalue weighted by atomic mass is 79.9. The van der Waals surface area contributed by atoms with Crippen molar-refractivity contribution < 1.29 is 14.3 Å². The van der Waals surface area contributed by atoms with Crippen LogP contribution in [0.5, 0.6) is 0 Å². The summed E-state index contributed by atoms with van der Waals surface area (Å²) in [5, 5.41) is 2.78. The number of carbonyl (C=O) groups is 2. The maximum Gasteiger partial charge on any atom is 0.338 e. The van der Waals surface area contributed by atoms with Gasteiger partial charge in [0.1, 0.15) is 0 Å². The maximum absolute atomic E-state index is 12.2. The van der Waals surface area contributed by atoms with Crippen LogP contribution in [0.15, 0.2) is 53.0 Å². The van der Waals surface area contributed by atoms with Crippen molar-refractivity contribution in [3.05, 3.63) is 64.1 Å². The molecule has 0 aliphatic heterocycles.